The van der Waals surface area contributed by atoms with Crippen LogP contribution in [-0.4, -0.2) is 18.6 Å². The molecule has 2 aromatic heterocycles. The summed E-state index contributed by atoms with van der Waals surface area (Å²) in [5.41, 5.74) is 2.54. The highest BCUT2D eigenvalue weighted by molar-refractivity contribution is 7.07. The van der Waals surface area contributed by atoms with E-state index in [1.165, 1.54) is 11.1 Å². The molecule has 1 N–H and O–H groups in total. The van der Waals surface area contributed by atoms with Gasteiger partial charge in [0.15, 0.2) is 0 Å². The quantitative estimate of drug-likeness (QED) is 0.841. The topological polar surface area (TPSA) is 34.2 Å². The van der Waals surface area contributed by atoms with Crippen molar-refractivity contribution in [3.05, 3.63) is 46.4 Å². The highest BCUT2D eigenvalue weighted by atomic mass is 32.1. The molecule has 0 aromatic carbocycles. The van der Waals surface area contributed by atoms with E-state index in [0.717, 1.165) is 25.1 Å². The maximum atomic E-state index is 5.26. The Morgan fingerprint density at radius 3 is 3.00 bits per heavy atom. The van der Waals surface area contributed by atoms with Gasteiger partial charge in [-0.05, 0) is 53.4 Å². The Balaban J connectivity index is 2.15. The predicted octanol–water partition coefficient (Wildman–Crippen LogP) is 3.44. The molecule has 0 bridgehead atoms. The lowest BCUT2D eigenvalue weighted by Gasteiger charge is -2.18. The fraction of sp³-hybridized carbons (Fsp3) is 0.400. The van der Waals surface area contributed by atoms with E-state index in [0.29, 0.717) is 0 Å². The largest absolute Gasteiger partial charge is 0.495 e. The van der Waals surface area contributed by atoms with Gasteiger partial charge in [-0.15, -0.1) is 0 Å². The van der Waals surface area contributed by atoms with Gasteiger partial charge in [0, 0.05) is 12.2 Å². The van der Waals surface area contributed by atoms with Gasteiger partial charge in [0.1, 0.15) is 5.75 Å². The fourth-order valence-corrected chi connectivity index (χ4v) is 2.69. The van der Waals surface area contributed by atoms with Crippen LogP contribution in [-0.2, 0) is 6.42 Å². The van der Waals surface area contributed by atoms with Gasteiger partial charge in [-0.1, -0.05) is 6.92 Å². The molecule has 0 fully saturated rings. The molecule has 102 valence electrons. The maximum absolute atomic E-state index is 5.26. The fourth-order valence-electron chi connectivity index (χ4n) is 2.01. The van der Waals surface area contributed by atoms with Crippen LogP contribution in [0.15, 0.2) is 35.3 Å². The molecule has 19 heavy (non-hydrogen) atoms. The van der Waals surface area contributed by atoms with Crippen molar-refractivity contribution in [2.24, 2.45) is 0 Å². The standard InChI is InChI=1S/C15H20N2OS/c1-3-5-17-15(7-12-4-6-19-11-12)13-8-14(18-2)10-16-9-13/h4,6,8-11,15,17H,3,5,7H2,1-2H3. The zero-order chi connectivity index (χ0) is 13.5. The first-order valence-electron chi connectivity index (χ1n) is 6.57. The third-order valence-electron chi connectivity index (χ3n) is 3.03. The van der Waals surface area contributed by atoms with Crippen molar-refractivity contribution in [2.45, 2.75) is 25.8 Å². The van der Waals surface area contributed by atoms with Crippen molar-refractivity contribution in [2.75, 3.05) is 13.7 Å². The molecule has 0 saturated heterocycles. The van der Waals surface area contributed by atoms with Gasteiger partial charge in [-0.2, -0.15) is 11.3 Å². The van der Waals surface area contributed by atoms with Crippen LogP contribution >= 0.6 is 11.3 Å². The third kappa shape index (κ3) is 4.04. The number of rotatable bonds is 7. The van der Waals surface area contributed by atoms with Crippen molar-refractivity contribution in [3.8, 4) is 5.75 Å². The molecule has 0 amide bonds. The van der Waals surface area contributed by atoms with E-state index in [9.17, 15) is 0 Å². The Labute approximate surface area is 118 Å². The van der Waals surface area contributed by atoms with Crippen LogP contribution < -0.4 is 10.1 Å². The van der Waals surface area contributed by atoms with Crippen LogP contribution in [0, 0.1) is 0 Å². The van der Waals surface area contributed by atoms with Gasteiger partial charge in [-0.3, -0.25) is 4.98 Å². The van der Waals surface area contributed by atoms with Crippen molar-refractivity contribution in [3.63, 3.8) is 0 Å². The van der Waals surface area contributed by atoms with E-state index < -0.39 is 0 Å². The minimum Gasteiger partial charge on any atom is -0.495 e. The zero-order valence-corrected chi connectivity index (χ0v) is 12.2. The molecule has 2 rings (SSSR count). The predicted molar refractivity (Wildman–Crippen MR) is 79.8 cm³/mol. The summed E-state index contributed by atoms with van der Waals surface area (Å²) in [6.45, 7) is 3.19. The average molecular weight is 276 g/mol. The number of nitrogens with one attached hydrogen (secondary N) is 1. The molecule has 0 saturated carbocycles. The summed E-state index contributed by atoms with van der Waals surface area (Å²) in [7, 11) is 1.67. The second-order valence-corrected chi connectivity index (χ2v) is 5.28. The Hall–Kier alpha value is -1.39. The number of methoxy groups -OCH3 is 1. The van der Waals surface area contributed by atoms with Crippen LogP contribution in [0.4, 0.5) is 0 Å². The highest BCUT2D eigenvalue weighted by Gasteiger charge is 2.13. The SMILES string of the molecule is CCCNC(Cc1ccsc1)c1cncc(OC)c1. The first-order chi connectivity index (χ1) is 9.33. The van der Waals surface area contributed by atoms with E-state index in [1.807, 2.05) is 6.20 Å². The van der Waals surface area contributed by atoms with E-state index >= 15 is 0 Å². The molecule has 4 heteroatoms. The van der Waals surface area contributed by atoms with Gasteiger partial charge in [-0.25, -0.2) is 0 Å². The molecular formula is C15H20N2OS. The first kappa shape index (κ1) is 14.0. The van der Waals surface area contributed by atoms with Crippen LogP contribution in [0.1, 0.15) is 30.5 Å². The van der Waals surface area contributed by atoms with Crippen molar-refractivity contribution < 1.29 is 4.74 Å². The van der Waals surface area contributed by atoms with Crippen LogP contribution in [0.3, 0.4) is 0 Å². The normalized spacial score (nSPS) is 12.3. The number of hydrogen-bond donors (Lipinski definition) is 1. The minimum atomic E-state index is 0.289. The van der Waals surface area contributed by atoms with Crippen LogP contribution in [0.25, 0.3) is 0 Å². The maximum Gasteiger partial charge on any atom is 0.137 e. The van der Waals surface area contributed by atoms with Crippen molar-refractivity contribution in [1.82, 2.24) is 10.3 Å². The van der Waals surface area contributed by atoms with Crippen molar-refractivity contribution >= 4 is 11.3 Å². The van der Waals surface area contributed by atoms with Crippen LogP contribution in [0.2, 0.25) is 0 Å². The Bertz CT molecular complexity index is 485. The summed E-state index contributed by atoms with van der Waals surface area (Å²) in [4.78, 5) is 4.25. The Morgan fingerprint density at radius 1 is 1.42 bits per heavy atom. The Kier molecular flexibility index (Phi) is 5.36. The monoisotopic (exact) mass is 276 g/mol. The van der Waals surface area contributed by atoms with Gasteiger partial charge in [0.05, 0.1) is 13.3 Å². The summed E-state index contributed by atoms with van der Waals surface area (Å²) in [6.07, 6.45) is 5.77. The summed E-state index contributed by atoms with van der Waals surface area (Å²) in [6, 6.07) is 4.53. The molecular weight excluding hydrogens is 256 g/mol. The molecule has 1 atom stereocenters. The molecule has 0 spiro atoms. The molecule has 0 radical (unpaired) electrons. The molecule has 2 aromatic rings. The summed E-state index contributed by atoms with van der Waals surface area (Å²) >= 11 is 1.74. The molecule has 0 aliphatic carbocycles. The first-order valence-corrected chi connectivity index (χ1v) is 7.51. The zero-order valence-electron chi connectivity index (χ0n) is 11.4. The number of nitrogens with zero attached hydrogens (tertiary/aromatic N) is 1. The lowest BCUT2D eigenvalue weighted by Crippen LogP contribution is -2.24. The Morgan fingerprint density at radius 2 is 2.32 bits per heavy atom. The summed E-state index contributed by atoms with van der Waals surface area (Å²) in [5, 5.41) is 7.91. The van der Waals surface area contributed by atoms with Gasteiger partial charge < -0.3 is 10.1 Å². The molecule has 2 heterocycles. The van der Waals surface area contributed by atoms with Crippen LogP contribution in [0.5, 0.6) is 5.75 Å². The summed E-state index contributed by atoms with van der Waals surface area (Å²) in [5.74, 6) is 0.811. The number of aromatic nitrogens is 1. The van der Waals surface area contributed by atoms with Crippen molar-refractivity contribution in [1.29, 1.82) is 0 Å². The second kappa shape index (κ2) is 7.26. The molecule has 0 aliphatic rings. The third-order valence-corrected chi connectivity index (χ3v) is 3.77. The molecule has 0 aliphatic heterocycles. The molecule has 1 unspecified atom stereocenters. The number of hydrogen-bond acceptors (Lipinski definition) is 4. The van der Waals surface area contributed by atoms with E-state index in [2.05, 4.69) is 40.1 Å². The average Bonchev–Trinajstić information content (AvgIpc) is 2.96. The smallest absolute Gasteiger partial charge is 0.137 e. The van der Waals surface area contributed by atoms with E-state index in [4.69, 9.17) is 4.74 Å². The number of ether oxygens (including phenoxy) is 1. The number of thiophene rings is 1. The van der Waals surface area contributed by atoms with E-state index in [-0.39, 0.29) is 6.04 Å². The lowest BCUT2D eigenvalue weighted by molar-refractivity contribution is 0.410. The van der Waals surface area contributed by atoms with Gasteiger partial charge in [0.25, 0.3) is 0 Å². The molecule has 3 nitrogen and oxygen atoms in total. The number of pyridine rings is 1. The highest BCUT2D eigenvalue weighted by Crippen LogP contribution is 2.22. The summed E-state index contributed by atoms with van der Waals surface area (Å²) < 4.78 is 5.26. The second-order valence-electron chi connectivity index (χ2n) is 4.50. The van der Waals surface area contributed by atoms with E-state index in [1.54, 1.807) is 24.6 Å². The van der Waals surface area contributed by atoms with Gasteiger partial charge in [0.2, 0.25) is 0 Å². The minimum absolute atomic E-state index is 0.289. The lowest BCUT2D eigenvalue weighted by atomic mass is 10.0. The van der Waals surface area contributed by atoms with Gasteiger partial charge >= 0.3 is 0 Å².